The lowest BCUT2D eigenvalue weighted by Crippen LogP contribution is -2.55. The fourth-order valence-corrected chi connectivity index (χ4v) is 5.96. The molecule has 3 aromatic carbocycles. The van der Waals surface area contributed by atoms with Gasteiger partial charge in [0.2, 0.25) is 11.8 Å². The number of benzene rings is 3. The van der Waals surface area contributed by atoms with Gasteiger partial charge in [0.15, 0.2) is 0 Å². The summed E-state index contributed by atoms with van der Waals surface area (Å²) in [5.41, 5.74) is 1.53. The van der Waals surface area contributed by atoms with Gasteiger partial charge in [-0.05, 0) is 95.1 Å². The number of ether oxygens (including phenoxy) is 2. The molecule has 0 heterocycles. The lowest BCUT2D eigenvalue weighted by Gasteiger charge is -2.34. The topological polar surface area (TPSA) is 105 Å². The van der Waals surface area contributed by atoms with Gasteiger partial charge in [0.05, 0.1) is 24.3 Å². The molecule has 0 saturated heterocycles. The van der Waals surface area contributed by atoms with E-state index in [2.05, 4.69) is 5.32 Å². The van der Waals surface area contributed by atoms with Crippen LogP contribution in [0.5, 0.6) is 11.5 Å². The van der Waals surface area contributed by atoms with Crippen LogP contribution in [0.15, 0.2) is 77.7 Å². The monoisotopic (exact) mass is 609 g/mol. The van der Waals surface area contributed by atoms with Crippen LogP contribution in [0.25, 0.3) is 0 Å². The molecule has 3 rings (SSSR count). The van der Waals surface area contributed by atoms with Gasteiger partial charge < -0.3 is 19.7 Å². The first-order valence-electron chi connectivity index (χ1n) is 14.4. The molecule has 2 amide bonds. The Balaban J connectivity index is 2.05. The van der Waals surface area contributed by atoms with E-state index in [1.807, 2.05) is 53.7 Å². The zero-order valence-corrected chi connectivity index (χ0v) is 26.9. The second-order valence-corrected chi connectivity index (χ2v) is 13.1. The number of amides is 2. The molecule has 10 heteroatoms. The van der Waals surface area contributed by atoms with E-state index in [1.54, 1.807) is 55.6 Å². The Morgan fingerprint density at radius 1 is 0.884 bits per heavy atom. The van der Waals surface area contributed by atoms with E-state index < -0.39 is 34.1 Å². The van der Waals surface area contributed by atoms with Crippen LogP contribution in [-0.4, -0.2) is 57.0 Å². The largest absolute Gasteiger partial charge is 0.497 e. The van der Waals surface area contributed by atoms with E-state index >= 15 is 0 Å². The molecule has 1 atom stereocenters. The Labute approximate surface area is 255 Å². The molecule has 3 aromatic rings. The van der Waals surface area contributed by atoms with Crippen molar-refractivity contribution >= 4 is 27.5 Å². The molecule has 0 spiro atoms. The first-order valence-corrected chi connectivity index (χ1v) is 15.8. The summed E-state index contributed by atoms with van der Waals surface area (Å²) in [6.07, 6.45) is 0.333. The van der Waals surface area contributed by atoms with Gasteiger partial charge >= 0.3 is 0 Å². The highest BCUT2D eigenvalue weighted by molar-refractivity contribution is 7.92. The van der Waals surface area contributed by atoms with E-state index in [-0.39, 0.29) is 17.3 Å². The van der Waals surface area contributed by atoms with Crippen LogP contribution in [0.1, 0.15) is 52.2 Å². The molecule has 9 nitrogen and oxygen atoms in total. The number of nitrogens with one attached hydrogen (secondary N) is 1. The van der Waals surface area contributed by atoms with E-state index in [0.29, 0.717) is 30.2 Å². The van der Waals surface area contributed by atoms with E-state index in [1.165, 1.54) is 17.0 Å². The van der Waals surface area contributed by atoms with Crippen molar-refractivity contribution in [2.24, 2.45) is 0 Å². The van der Waals surface area contributed by atoms with Gasteiger partial charge in [0, 0.05) is 12.1 Å². The number of nitrogens with zero attached hydrogens (tertiary/aromatic N) is 2. The number of rotatable bonds is 13. The van der Waals surface area contributed by atoms with E-state index in [0.717, 1.165) is 15.4 Å². The average molecular weight is 610 g/mol. The van der Waals surface area contributed by atoms with Crippen LogP contribution in [0.2, 0.25) is 0 Å². The van der Waals surface area contributed by atoms with E-state index in [9.17, 15) is 18.0 Å². The zero-order chi connectivity index (χ0) is 31.8. The Bertz CT molecular complexity index is 1470. The maximum atomic E-state index is 14.2. The summed E-state index contributed by atoms with van der Waals surface area (Å²) in [5.74, 6) is 0.377. The third-order valence-electron chi connectivity index (χ3n) is 6.72. The Kier molecular flexibility index (Phi) is 11.2. The fraction of sp³-hybridized carbons (Fsp3) is 0.394. The smallest absolute Gasteiger partial charge is 0.264 e. The zero-order valence-electron chi connectivity index (χ0n) is 26.1. The minimum atomic E-state index is -4.18. The second-order valence-electron chi connectivity index (χ2n) is 11.3. The highest BCUT2D eigenvalue weighted by atomic mass is 32.2. The number of methoxy groups -OCH3 is 1. The van der Waals surface area contributed by atoms with Crippen molar-refractivity contribution < 1.29 is 27.5 Å². The normalized spacial score (nSPS) is 12.3. The highest BCUT2D eigenvalue weighted by Gasteiger charge is 2.34. The van der Waals surface area contributed by atoms with Crippen molar-refractivity contribution in [1.29, 1.82) is 0 Å². The number of hydrogen-bond donors (Lipinski definition) is 1. The number of carbonyl (C=O) groups excluding carboxylic acids is 2. The highest BCUT2D eigenvalue weighted by Crippen LogP contribution is 2.27. The van der Waals surface area contributed by atoms with Crippen LogP contribution in [0, 0.1) is 6.92 Å². The number of carbonyl (C=O) groups is 2. The van der Waals surface area contributed by atoms with Crippen molar-refractivity contribution in [3.8, 4) is 11.5 Å². The summed E-state index contributed by atoms with van der Waals surface area (Å²) in [6.45, 7) is 11.2. The third kappa shape index (κ3) is 8.97. The Morgan fingerprint density at radius 2 is 1.47 bits per heavy atom. The maximum Gasteiger partial charge on any atom is 0.264 e. The van der Waals surface area contributed by atoms with Crippen molar-refractivity contribution in [3.63, 3.8) is 0 Å². The number of sulfonamides is 1. The first kappa shape index (κ1) is 33.5. The molecule has 0 aliphatic carbocycles. The molecule has 0 fully saturated rings. The van der Waals surface area contributed by atoms with Gasteiger partial charge in [-0.25, -0.2) is 8.42 Å². The molecular weight excluding hydrogens is 566 g/mol. The van der Waals surface area contributed by atoms with Crippen LogP contribution < -0.4 is 19.1 Å². The van der Waals surface area contributed by atoms with Gasteiger partial charge in [0.1, 0.15) is 24.1 Å². The van der Waals surface area contributed by atoms with Gasteiger partial charge in [-0.15, -0.1) is 0 Å². The molecule has 0 unspecified atom stereocenters. The first-order chi connectivity index (χ1) is 20.3. The standard InChI is InChI=1S/C33H43N3O6S/c1-8-30(32(38)34-33(4,5)6)35(22-25-12-16-27(41-7)17-13-25)31(37)23-36(26-14-10-24(3)11-15-26)43(39,40)29-20-18-28(19-21-29)42-9-2/h10-21,30H,8-9,22-23H2,1-7H3,(H,34,38)/t30-/m0/s1. The van der Waals surface area contributed by atoms with E-state index in [4.69, 9.17) is 9.47 Å². The number of anilines is 1. The molecule has 0 aromatic heterocycles. The Morgan fingerprint density at radius 3 is 1.98 bits per heavy atom. The summed E-state index contributed by atoms with van der Waals surface area (Å²) >= 11 is 0. The molecular formula is C33H43N3O6S. The second kappa shape index (κ2) is 14.4. The predicted molar refractivity (Wildman–Crippen MR) is 169 cm³/mol. The van der Waals surface area contributed by atoms with Crippen LogP contribution in [-0.2, 0) is 26.2 Å². The van der Waals surface area contributed by atoms with Crippen molar-refractivity contribution in [2.75, 3.05) is 24.6 Å². The van der Waals surface area contributed by atoms with Crippen LogP contribution in [0.3, 0.4) is 0 Å². The molecule has 0 aliphatic rings. The van der Waals surface area contributed by atoms with Crippen LogP contribution >= 0.6 is 0 Å². The molecule has 0 aliphatic heterocycles. The fourth-order valence-electron chi connectivity index (χ4n) is 4.54. The lowest BCUT2D eigenvalue weighted by atomic mass is 10.1. The van der Waals surface area contributed by atoms with Gasteiger partial charge in [0.25, 0.3) is 10.0 Å². The molecule has 0 radical (unpaired) electrons. The summed E-state index contributed by atoms with van der Waals surface area (Å²) in [4.78, 5) is 29.1. The molecule has 1 N–H and O–H groups in total. The average Bonchev–Trinajstić information content (AvgIpc) is 2.96. The summed E-state index contributed by atoms with van der Waals surface area (Å²) in [5, 5.41) is 2.98. The third-order valence-corrected chi connectivity index (χ3v) is 8.51. The molecule has 0 saturated carbocycles. The number of hydrogen-bond acceptors (Lipinski definition) is 6. The van der Waals surface area contributed by atoms with Crippen molar-refractivity contribution in [3.05, 3.63) is 83.9 Å². The molecule has 43 heavy (non-hydrogen) atoms. The van der Waals surface area contributed by atoms with Gasteiger partial charge in [-0.3, -0.25) is 13.9 Å². The molecule has 0 bridgehead atoms. The maximum absolute atomic E-state index is 14.2. The minimum absolute atomic E-state index is 0.0172. The molecule has 232 valence electrons. The van der Waals surface area contributed by atoms with Crippen molar-refractivity contribution in [2.45, 2.75) is 71.0 Å². The lowest BCUT2D eigenvalue weighted by molar-refractivity contribution is -0.141. The summed E-state index contributed by atoms with van der Waals surface area (Å²) in [6, 6.07) is 19.4. The SMILES string of the molecule is CCOc1ccc(S(=O)(=O)N(CC(=O)N(Cc2ccc(OC)cc2)[C@@H](CC)C(=O)NC(C)(C)C)c2ccc(C)cc2)cc1. The summed E-state index contributed by atoms with van der Waals surface area (Å²) < 4.78 is 40.0. The number of aryl methyl sites for hydroxylation is 1. The van der Waals surface area contributed by atoms with Crippen molar-refractivity contribution in [1.82, 2.24) is 10.2 Å². The summed E-state index contributed by atoms with van der Waals surface area (Å²) in [7, 11) is -2.61. The predicted octanol–water partition coefficient (Wildman–Crippen LogP) is 5.32. The van der Waals surface area contributed by atoms with Crippen LogP contribution in [0.4, 0.5) is 5.69 Å². The quantitative estimate of drug-likeness (QED) is 0.281. The Hall–Kier alpha value is -4.05. The van der Waals surface area contributed by atoms with Gasteiger partial charge in [-0.1, -0.05) is 36.8 Å². The minimum Gasteiger partial charge on any atom is -0.497 e. The van der Waals surface area contributed by atoms with Gasteiger partial charge in [-0.2, -0.15) is 0 Å².